The van der Waals surface area contributed by atoms with Gasteiger partial charge in [0.15, 0.2) is 0 Å². The van der Waals surface area contributed by atoms with Gasteiger partial charge in [0.1, 0.15) is 4.90 Å². The molecule has 0 fully saturated rings. The van der Waals surface area contributed by atoms with Gasteiger partial charge in [-0.2, -0.15) is 11.8 Å². The van der Waals surface area contributed by atoms with E-state index in [0.717, 1.165) is 17.6 Å². The van der Waals surface area contributed by atoms with Gasteiger partial charge in [-0.05, 0) is 30.9 Å². The summed E-state index contributed by atoms with van der Waals surface area (Å²) in [4.78, 5) is 9.82. The molecule has 0 heterocycles. The van der Waals surface area contributed by atoms with Crippen LogP contribution in [0.25, 0.3) is 0 Å². The predicted octanol–water partition coefficient (Wildman–Crippen LogP) is 1.99. The lowest BCUT2D eigenvalue weighted by Gasteiger charge is -2.15. The molecule has 0 saturated carbocycles. The molecule has 0 aliphatic rings. The first-order valence-corrected chi connectivity index (χ1v) is 9.05. The van der Waals surface area contributed by atoms with E-state index in [1.165, 1.54) is 12.1 Å². The van der Waals surface area contributed by atoms with Gasteiger partial charge in [0.25, 0.3) is 5.69 Å². The quantitative estimate of drug-likeness (QED) is 0.325. The van der Waals surface area contributed by atoms with Gasteiger partial charge in [-0.25, -0.2) is 13.1 Å². The van der Waals surface area contributed by atoms with Crippen molar-refractivity contribution in [3.63, 3.8) is 0 Å². The number of benzene rings is 1. The Balaban J connectivity index is 2.92. The van der Waals surface area contributed by atoms with Crippen molar-refractivity contribution in [3.05, 3.63) is 28.3 Å². The number of non-ortho nitro benzene ring substituents is 1. The molecule has 0 radical (unpaired) electrons. The van der Waals surface area contributed by atoms with E-state index in [1.807, 2.05) is 6.92 Å². The first kappa shape index (κ1) is 17.7. The fourth-order valence-electron chi connectivity index (χ4n) is 1.66. The molecule has 0 aliphatic heterocycles. The van der Waals surface area contributed by atoms with Gasteiger partial charge in [-0.3, -0.25) is 10.1 Å². The molecule has 3 N–H and O–H groups in total. The van der Waals surface area contributed by atoms with Crippen LogP contribution in [0.1, 0.15) is 20.3 Å². The molecule has 1 aromatic rings. The SMILES string of the molecule is CCSCCC(C)NS(=O)(=O)c1cc([N+](=O)[O-])ccc1N. The minimum absolute atomic E-state index is 0.0109. The number of hydrogen-bond acceptors (Lipinski definition) is 6. The molecule has 1 unspecified atom stereocenters. The second-order valence-corrected chi connectivity index (χ2v) is 7.56. The molecule has 1 rings (SSSR count). The number of thioether (sulfide) groups is 1. The molecule has 1 atom stereocenters. The Bertz CT molecular complexity index is 605. The van der Waals surface area contributed by atoms with Crippen molar-refractivity contribution in [3.8, 4) is 0 Å². The number of rotatable bonds is 8. The van der Waals surface area contributed by atoms with Gasteiger partial charge < -0.3 is 5.73 Å². The van der Waals surface area contributed by atoms with Crippen LogP contribution in [0.3, 0.4) is 0 Å². The normalized spacial score (nSPS) is 13.0. The van der Waals surface area contributed by atoms with Gasteiger partial charge in [-0.15, -0.1) is 0 Å². The summed E-state index contributed by atoms with van der Waals surface area (Å²) in [6.07, 6.45) is 0.673. The van der Waals surface area contributed by atoms with E-state index < -0.39 is 14.9 Å². The highest BCUT2D eigenvalue weighted by Crippen LogP contribution is 2.24. The Morgan fingerprint density at radius 3 is 2.71 bits per heavy atom. The summed E-state index contributed by atoms with van der Waals surface area (Å²) in [6, 6.07) is 3.11. The van der Waals surface area contributed by atoms with Crippen molar-refractivity contribution in [2.24, 2.45) is 0 Å². The van der Waals surface area contributed by atoms with Crippen LogP contribution in [0.2, 0.25) is 0 Å². The highest BCUT2D eigenvalue weighted by Gasteiger charge is 2.22. The second-order valence-electron chi connectivity index (χ2n) is 4.49. The van der Waals surface area contributed by atoms with Crippen LogP contribution in [-0.4, -0.2) is 30.9 Å². The lowest BCUT2D eigenvalue weighted by Crippen LogP contribution is -2.33. The Morgan fingerprint density at radius 1 is 1.48 bits per heavy atom. The van der Waals surface area contributed by atoms with E-state index in [9.17, 15) is 18.5 Å². The predicted molar refractivity (Wildman–Crippen MR) is 84.9 cm³/mol. The maximum absolute atomic E-state index is 12.3. The number of hydrogen-bond donors (Lipinski definition) is 2. The lowest BCUT2D eigenvalue weighted by atomic mass is 10.3. The van der Waals surface area contributed by atoms with Crippen molar-refractivity contribution >= 4 is 33.2 Å². The Hall–Kier alpha value is -1.32. The molecule has 0 spiro atoms. The minimum Gasteiger partial charge on any atom is -0.398 e. The Morgan fingerprint density at radius 2 is 2.14 bits per heavy atom. The van der Waals surface area contributed by atoms with E-state index in [2.05, 4.69) is 4.72 Å². The summed E-state index contributed by atoms with van der Waals surface area (Å²) >= 11 is 1.72. The molecule has 1 aromatic carbocycles. The van der Waals surface area contributed by atoms with E-state index in [0.29, 0.717) is 6.42 Å². The third kappa shape index (κ3) is 5.18. The number of nitro groups is 1. The maximum atomic E-state index is 12.3. The van der Waals surface area contributed by atoms with E-state index in [4.69, 9.17) is 5.73 Å². The van der Waals surface area contributed by atoms with Crippen LogP contribution in [0.15, 0.2) is 23.1 Å². The lowest BCUT2D eigenvalue weighted by molar-refractivity contribution is -0.385. The van der Waals surface area contributed by atoms with Gasteiger partial charge in [0.05, 0.1) is 10.6 Å². The number of nitrogens with one attached hydrogen (secondary N) is 1. The summed E-state index contributed by atoms with van der Waals surface area (Å²) < 4.78 is 27.0. The molecule has 0 aromatic heterocycles. The third-order valence-corrected chi connectivity index (χ3v) is 5.33. The zero-order chi connectivity index (χ0) is 16.0. The fourth-order valence-corrected chi connectivity index (χ4v) is 3.90. The van der Waals surface area contributed by atoms with E-state index in [-0.39, 0.29) is 22.3 Å². The largest absolute Gasteiger partial charge is 0.398 e. The van der Waals surface area contributed by atoms with Crippen molar-refractivity contribution in [2.75, 3.05) is 17.2 Å². The van der Waals surface area contributed by atoms with Crippen LogP contribution in [-0.2, 0) is 10.0 Å². The molecule has 118 valence electrons. The zero-order valence-corrected chi connectivity index (χ0v) is 13.5. The van der Waals surface area contributed by atoms with Crippen molar-refractivity contribution in [1.82, 2.24) is 4.72 Å². The van der Waals surface area contributed by atoms with Gasteiger partial charge in [0, 0.05) is 18.2 Å². The van der Waals surface area contributed by atoms with Crippen molar-refractivity contribution in [2.45, 2.75) is 31.2 Å². The molecule has 9 heteroatoms. The molecule has 0 amide bonds. The van der Waals surface area contributed by atoms with Crippen molar-refractivity contribution in [1.29, 1.82) is 0 Å². The first-order valence-electron chi connectivity index (χ1n) is 6.42. The number of sulfonamides is 1. The molecule has 0 saturated heterocycles. The number of nitrogens with two attached hydrogens (primary N) is 1. The van der Waals surface area contributed by atoms with Crippen molar-refractivity contribution < 1.29 is 13.3 Å². The average molecular weight is 333 g/mol. The molecule has 0 aliphatic carbocycles. The minimum atomic E-state index is -3.87. The fraction of sp³-hybridized carbons (Fsp3) is 0.500. The van der Waals surface area contributed by atoms with Crippen LogP contribution in [0.4, 0.5) is 11.4 Å². The summed E-state index contributed by atoms with van der Waals surface area (Å²) in [5.74, 6) is 1.81. The molecular formula is C12H19N3O4S2. The zero-order valence-electron chi connectivity index (χ0n) is 11.9. The number of nitro benzene ring substituents is 1. The summed E-state index contributed by atoms with van der Waals surface area (Å²) in [5, 5.41) is 10.7. The van der Waals surface area contributed by atoms with Crippen LogP contribution < -0.4 is 10.5 Å². The standard InChI is InChI=1S/C12H19N3O4S2/c1-3-20-7-6-9(2)14-21(18,19)12-8-10(15(16)17)4-5-11(12)13/h4-5,8-9,14H,3,6-7,13H2,1-2H3. The highest BCUT2D eigenvalue weighted by molar-refractivity contribution is 7.99. The molecule has 7 nitrogen and oxygen atoms in total. The first-order chi connectivity index (χ1) is 9.77. The Kier molecular flexibility index (Phi) is 6.43. The summed E-state index contributed by atoms with van der Waals surface area (Å²) in [6.45, 7) is 3.78. The van der Waals surface area contributed by atoms with Gasteiger partial charge in [-0.1, -0.05) is 6.92 Å². The van der Waals surface area contributed by atoms with Crippen LogP contribution in [0.5, 0.6) is 0 Å². The molecule has 21 heavy (non-hydrogen) atoms. The second kappa shape index (κ2) is 7.62. The molecular weight excluding hydrogens is 314 g/mol. The smallest absolute Gasteiger partial charge is 0.270 e. The maximum Gasteiger partial charge on any atom is 0.270 e. The summed E-state index contributed by atoms with van der Waals surface area (Å²) in [7, 11) is -3.87. The monoisotopic (exact) mass is 333 g/mol. The van der Waals surface area contributed by atoms with Gasteiger partial charge in [0.2, 0.25) is 10.0 Å². The number of anilines is 1. The van der Waals surface area contributed by atoms with Crippen LogP contribution in [0, 0.1) is 10.1 Å². The van der Waals surface area contributed by atoms with Crippen LogP contribution >= 0.6 is 11.8 Å². The third-order valence-electron chi connectivity index (χ3n) is 2.75. The van der Waals surface area contributed by atoms with Gasteiger partial charge >= 0.3 is 0 Å². The average Bonchev–Trinajstić information content (AvgIpc) is 2.38. The molecule has 0 bridgehead atoms. The Labute approximate surface area is 128 Å². The number of nitrogen functional groups attached to an aromatic ring is 1. The highest BCUT2D eigenvalue weighted by atomic mass is 32.2. The summed E-state index contributed by atoms with van der Waals surface area (Å²) in [5.41, 5.74) is 5.31. The van der Waals surface area contributed by atoms with E-state index in [1.54, 1.807) is 18.7 Å². The topological polar surface area (TPSA) is 115 Å². The van der Waals surface area contributed by atoms with E-state index >= 15 is 0 Å². The number of nitrogens with zero attached hydrogens (tertiary/aromatic N) is 1.